The van der Waals surface area contributed by atoms with Gasteiger partial charge in [-0.2, -0.15) is 0 Å². The van der Waals surface area contributed by atoms with E-state index < -0.39 is 5.97 Å². The summed E-state index contributed by atoms with van der Waals surface area (Å²) in [6.45, 7) is 3.72. The van der Waals surface area contributed by atoms with E-state index in [1.54, 1.807) is 16.3 Å². The number of aromatic carboxylic acids is 1. The maximum absolute atomic E-state index is 11.3. The molecule has 0 unspecified atom stereocenters. The summed E-state index contributed by atoms with van der Waals surface area (Å²) in [5, 5.41) is 9.11. The van der Waals surface area contributed by atoms with Crippen molar-refractivity contribution in [3.63, 3.8) is 0 Å². The van der Waals surface area contributed by atoms with Crippen molar-refractivity contribution < 1.29 is 14.7 Å². The third-order valence-electron chi connectivity index (χ3n) is 2.68. The van der Waals surface area contributed by atoms with Crippen LogP contribution in [-0.4, -0.2) is 26.4 Å². The molecule has 0 saturated heterocycles. The van der Waals surface area contributed by atoms with Crippen molar-refractivity contribution in [2.45, 2.75) is 20.4 Å². The van der Waals surface area contributed by atoms with Gasteiger partial charge < -0.3 is 9.67 Å². The van der Waals surface area contributed by atoms with Crippen LogP contribution in [-0.2, 0) is 6.54 Å². The van der Waals surface area contributed by atoms with E-state index in [1.807, 2.05) is 6.92 Å². The van der Waals surface area contributed by atoms with Crippen LogP contribution >= 0.6 is 11.3 Å². The second-order valence-corrected chi connectivity index (χ2v) is 4.90. The monoisotopic (exact) mass is 264 g/mol. The van der Waals surface area contributed by atoms with Crippen molar-refractivity contribution in [2.24, 2.45) is 0 Å². The van der Waals surface area contributed by atoms with E-state index in [0.29, 0.717) is 12.1 Å². The number of thiazole rings is 1. The Balaban J connectivity index is 2.40. The highest BCUT2D eigenvalue weighted by atomic mass is 32.1. The first-order valence-electron chi connectivity index (χ1n) is 5.32. The largest absolute Gasteiger partial charge is 0.477 e. The zero-order chi connectivity index (χ0) is 13.3. The van der Waals surface area contributed by atoms with E-state index >= 15 is 0 Å². The van der Waals surface area contributed by atoms with E-state index in [1.165, 1.54) is 24.3 Å². The second-order valence-electron chi connectivity index (χ2n) is 3.96. The molecule has 0 amide bonds. The second kappa shape index (κ2) is 4.73. The number of aryl methyl sites for hydroxylation is 1. The zero-order valence-corrected chi connectivity index (χ0v) is 10.8. The van der Waals surface area contributed by atoms with Crippen LogP contribution in [0.2, 0.25) is 0 Å². The number of carbonyl (C=O) groups is 2. The summed E-state index contributed by atoms with van der Waals surface area (Å²) in [5.74, 6) is -1.18. The fourth-order valence-electron chi connectivity index (χ4n) is 1.65. The van der Waals surface area contributed by atoms with E-state index in [0.717, 1.165) is 10.6 Å². The number of aromatic nitrogens is 2. The number of rotatable bonds is 4. The predicted octanol–water partition coefficient (Wildman–Crippen LogP) is 2.20. The Labute approximate surface area is 108 Å². The van der Waals surface area contributed by atoms with Crippen LogP contribution in [0.25, 0.3) is 0 Å². The molecule has 0 aliphatic heterocycles. The van der Waals surface area contributed by atoms with Crippen molar-refractivity contribution in [2.75, 3.05) is 0 Å². The normalized spacial score (nSPS) is 10.6. The Morgan fingerprint density at radius 2 is 2.22 bits per heavy atom. The lowest BCUT2D eigenvalue weighted by Crippen LogP contribution is -2.08. The maximum atomic E-state index is 11.3. The first kappa shape index (κ1) is 12.5. The third kappa shape index (κ3) is 2.33. The maximum Gasteiger partial charge on any atom is 0.352 e. The number of Topliss-reactive ketones (excluding diaryl/α,β-unsaturated/α-hetero) is 1. The minimum Gasteiger partial charge on any atom is -0.477 e. The molecule has 0 aromatic carbocycles. The standard InChI is InChI=1S/C12H12N2O3S/c1-7-11(18-6-13-7)5-14-4-9(8(2)15)3-10(14)12(16)17/h3-4,6H,5H2,1-2H3,(H,16,17). The van der Waals surface area contributed by atoms with E-state index in [4.69, 9.17) is 5.11 Å². The number of carbonyl (C=O) groups excluding carboxylic acids is 1. The number of hydrogen-bond acceptors (Lipinski definition) is 4. The van der Waals surface area contributed by atoms with E-state index in [2.05, 4.69) is 4.98 Å². The minimum atomic E-state index is -1.04. The number of hydrogen-bond donors (Lipinski definition) is 1. The van der Waals surface area contributed by atoms with Crippen molar-refractivity contribution in [3.8, 4) is 0 Å². The minimum absolute atomic E-state index is 0.119. The van der Waals surface area contributed by atoms with Crippen LogP contribution in [0.3, 0.4) is 0 Å². The molecule has 5 nitrogen and oxygen atoms in total. The Morgan fingerprint density at radius 3 is 2.72 bits per heavy atom. The highest BCUT2D eigenvalue weighted by Crippen LogP contribution is 2.17. The van der Waals surface area contributed by atoms with E-state index in [-0.39, 0.29) is 11.5 Å². The molecule has 18 heavy (non-hydrogen) atoms. The van der Waals surface area contributed by atoms with Gasteiger partial charge in [0.2, 0.25) is 0 Å². The number of carboxylic acid groups (broad SMARTS) is 1. The van der Waals surface area contributed by atoms with Gasteiger partial charge in [0.05, 0.1) is 17.7 Å². The van der Waals surface area contributed by atoms with Gasteiger partial charge in [-0.1, -0.05) is 0 Å². The van der Waals surface area contributed by atoms with Crippen LogP contribution in [0.5, 0.6) is 0 Å². The average molecular weight is 264 g/mol. The van der Waals surface area contributed by atoms with Crippen molar-refractivity contribution in [1.82, 2.24) is 9.55 Å². The molecule has 0 radical (unpaired) electrons. The molecule has 2 aromatic heterocycles. The van der Waals surface area contributed by atoms with Gasteiger partial charge >= 0.3 is 5.97 Å². The summed E-state index contributed by atoms with van der Waals surface area (Å²) < 4.78 is 1.57. The van der Waals surface area contributed by atoms with Crippen LogP contribution in [0.4, 0.5) is 0 Å². The number of nitrogens with zero attached hydrogens (tertiary/aromatic N) is 2. The Morgan fingerprint density at radius 1 is 1.50 bits per heavy atom. The summed E-state index contributed by atoms with van der Waals surface area (Å²) in [7, 11) is 0. The Kier molecular flexibility index (Phi) is 3.29. The SMILES string of the molecule is CC(=O)c1cc(C(=O)O)n(Cc2scnc2C)c1. The molecule has 2 aromatic rings. The zero-order valence-electron chi connectivity index (χ0n) is 10.0. The molecule has 2 heterocycles. The van der Waals surface area contributed by atoms with Crippen LogP contribution < -0.4 is 0 Å². The van der Waals surface area contributed by atoms with Gasteiger partial charge in [0.25, 0.3) is 0 Å². The average Bonchev–Trinajstić information content (AvgIpc) is 2.87. The number of ketones is 1. The van der Waals surface area contributed by atoms with Gasteiger partial charge in [-0.3, -0.25) is 4.79 Å². The molecule has 1 N–H and O–H groups in total. The number of carboxylic acids is 1. The lowest BCUT2D eigenvalue weighted by Gasteiger charge is -2.04. The molecule has 6 heteroatoms. The van der Waals surface area contributed by atoms with Crippen molar-refractivity contribution in [3.05, 3.63) is 39.6 Å². The summed E-state index contributed by atoms with van der Waals surface area (Å²) in [6.07, 6.45) is 1.57. The molecular formula is C12H12N2O3S. The highest BCUT2D eigenvalue weighted by Gasteiger charge is 2.15. The fourth-order valence-corrected chi connectivity index (χ4v) is 2.42. The first-order valence-corrected chi connectivity index (χ1v) is 6.20. The van der Waals surface area contributed by atoms with Crippen molar-refractivity contribution >= 4 is 23.1 Å². The summed E-state index contributed by atoms with van der Waals surface area (Å²) in [5.41, 5.74) is 3.14. The van der Waals surface area contributed by atoms with Gasteiger partial charge in [0.1, 0.15) is 5.69 Å². The molecule has 0 bridgehead atoms. The topological polar surface area (TPSA) is 72.2 Å². The molecule has 94 valence electrons. The Hall–Kier alpha value is -1.95. The molecule has 0 spiro atoms. The predicted molar refractivity (Wildman–Crippen MR) is 67.3 cm³/mol. The highest BCUT2D eigenvalue weighted by molar-refractivity contribution is 7.09. The van der Waals surface area contributed by atoms with Gasteiger partial charge in [-0.15, -0.1) is 11.3 Å². The molecule has 0 aliphatic carbocycles. The van der Waals surface area contributed by atoms with Crippen molar-refractivity contribution in [1.29, 1.82) is 0 Å². The lowest BCUT2D eigenvalue weighted by molar-refractivity contribution is 0.0685. The molecule has 0 fully saturated rings. The quantitative estimate of drug-likeness (QED) is 0.859. The van der Waals surface area contributed by atoms with Gasteiger partial charge in [0, 0.05) is 16.6 Å². The Bertz CT molecular complexity index is 613. The van der Waals surface area contributed by atoms with Crippen LogP contribution in [0, 0.1) is 6.92 Å². The van der Waals surface area contributed by atoms with E-state index in [9.17, 15) is 9.59 Å². The fraction of sp³-hybridized carbons (Fsp3) is 0.250. The van der Waals surface area contributed by atoms with Gasteiger partial charge in [-0.25, -0.2) is 9.78 Å². The molecule has 0 saturated carbocycles. The van der Waals surface area contributed by atoms with Gasteiger partial charge in [-0.05, 0) is 19.9 Å². The third-order valence-corrected chi connectivity index (χ3v) is 3.60. The van der Waals surface area contributed by atoms with Crippen LogP contribution in [0.15, 0.2) is 17.8 Å². The summed E-state index contributed by atoms with van der Waals surface area (Å²) >= 11 is 1.47. The summed E-state index contributed by atoms with van der Waals surface area (Å²) in [4.78, 5) is 27.5. The smallest absolute Gasteiger partial charge is 0.352 e. The lowest BCUT2D eigenvalue weighted by atomic mass is 10.2. The molecule has 0 atom stereocenters. The van der Waals surface area contributed by atoms with Gasteiger partial charge in [0.15, 0.2) is 5.78 Å². The molecule has 0 aliphatic rings. The molecule has 2 rings (SSSR count). The first-order chi connectivity index (χ1) is 8.49. The summed E-state index contributed by atoms with van der Waals surface area (Å²) in [6, 6.07) is 1.40. The molecular weight excluding hydrogens is 252 g/mol. The van der Waals surface area contributed by atoms with Crippen LogP contribution in [0.1, 0.15) is 38.3 Å².